The van der Waals surface area contributed by atoms with Gasteiger partial charge in [-0.05, 0) is 12.1 Å². The maximum Gasteiger partial charge on any atom is 0.163 e. The maximum atomic E-state index is 5.65. The molecule has 0 fully saturated rings. The SMILES string of the molecule is Cn1ncnc1CNc1ccc2c(c1)OCCCO2. The van der Waals surface area contributed by atoms with Gasteiger partial charge in [-0.25, -0.2) is 4.98 Å². The summed E-state index contributed by atoms with van der Waals surface area (Å²) in [6.45, 7) is 2.02. The molecular formula is C13H16N4O2. The van der Waals surface area contributed by atoms with Gasteiger partial charge in [0.15, 0.2) is 11.5 Å². The summed E-state index contributed by atoms with van der Waals surface area (Å²) in [6, 6.07) is 5.86. The second kappa shape index (κ2) is 5.17. The third-order valence-electron chi connectivity index (χ3n) is 3.00. The van der Waals surface area contributed by atoms with Crippen molar-refractivity contribution in [3.8, 4) is 11.5 Å². The van der Waals surface area contributed by atoms with E-state index in [1.165, 1.54) is 0 Å². The highest BCUT2D eigenvalue weighted by Crippen LogP contribution is 2.32. The Morgan fingerprint density at radius 1 is 1.26 bits per heavy atom. The maximum absolute atomic E-state index is 5.65. The number of aryl methyl sites for hydroxylation is 1. The molecule has 1 N–H and O–H groups in total. The summed E-state index contributed by atoms with van der Waals surface area (Å²) < 4.78 is 13.0. The third-order valence-corrected chi connectivity index (χ3v) is 3.00. The largest absolute Gasteiger partial charge is 0.490 e. The summed E-state index contributed by atoms with van der Waals surface area (Å²) in [4.78, 5) is 4.17. The number of fused-ring (bicyclic) bond motifs is 1. The van der Waals surface area contributed by atoms with Gasteiger partial charge < -0.3 is 14.8 Å². The Balaban J connectivity index is 1.72. The van der Waals surface area contributed by atoms with E-state index >= 15 is 0 Å². The van der Waals surface area contributed by atoms with Gasteiger partial charge in [0, 0.05) is 25.2 Å². The minimum atomic E-state index is 0.621. The molecule has 0 amide bonds. The molecule has 0 aliphatic carbocycles. The third kappa shape index (κ3) is 2.62. The number of aromatic nitrogens is 3. The van der Waals surface area contributed by atoms with Gasteiger partial charge in [0.2, 0.25) is 0 Å². The summed E-state index contributed by atoms with van der Waals surface area (Å²) in [5.41, 5.74) is 0.979. The van der Waals surface area contributed by atoms with Crippen molar-refractivity contribution in [2.75, 3.05) is 18.5 Å². The number of benzene rings is 1. The quantitative estimate of drug-likeness (QED) is 0.908. The molecule has 2 aromatic rings. The van der Waals surface area contributed by atoms with E-state index in [-0.39, 0.29) is 0 Å². The first-order valence-electron chi connectivity index (χ1n) is 6.29. The number of nitrogens with one attached hydrogen (secondary N) is 1. The molecule has 1 aliphatic heterocycles. The van der Waals surface area contributed by atoms with Crippen LogP contribution in [0.5, 0.6) is 11.5 Å². The Bertz CT molecular complexity index is 568. The highest BCUT2D eigenvalue weighted by atomic mass is 16.5. The van der Waals surface area contributed by atoms with E-state index in [4.69, 9.17) is 9.47 Å². The zero-order valence-electron chi connectivity index (χ0n) is 10.8. The van der Waals surface area contributed by atoms with Gasteiger partial charge in [0.25, 0.3) is 0 Å². The van der Waals surface area contributed by atoms with Crippen molar-refractivity contribution >= 4 is 5.69 Å². The van der Waals surface area contributed by atoms with Gasteiger partial charge in [0.1, 0.15) is 12.2 Å². The molecule has 19 heavy (non-hydrogen) atoms. The van der Waals surface area contributed by atoms with Crippen LogP contribution in [0.3, 0.4) is 0 Å². The molecule has 100 valence electrons. The van der Waals surface area contributed by atoms with E-state index in [1.807, 2.05) is 25.2 Å². The number of rotatable bonds is 3. The highest BCUT2D eigenvalue weighted by molar-refractivity contribution is 5.54. The highest BCUT2D eigenvalue weighted by Gasteiger charge is 2.10. The molecule has 0 saturated carbocycles. The van der Waals surface area contributed by atoms with E-state index in [1.54, 1.807) is 11.0 Å². The van der Waals surface area contributed by atoms with Crippen molar-refractivity contribution in [2.24, 2.45) is 7.05 Å². The molecule has 3 rings (SSSR count). The van der Waals surface area contributed by atoms with Crippen molar-refractivity contribution in [1.82, 2.24) is 14.8 Å². The molecule has 0 bridgehead atoms. The number of ether oxygens (including phenoxy) is 2. The van der Waals surface area contributed by atoms with Gasteiger partial charge >= 0.3 is 0 Å². The predicted molar refractivity (Wildman–Crippen MR) is 70.4 cm³/mol. The fourth-order valence-electron chi connectivity index (χ4n) is 1.93. The van der Waals surface area contributed by atoms with Gasteiger partial charge in [-0.2, -0.15) is 5.10 Å². The predicted octanol–water partition coefficient (Wildman–Crippen LogP) is 1.59. The Labute approximate surface area is 111 Å². The first kappa shape index (κ1) is 11.8. The normalized spacial score (nSPS) is 13.9. The van der Waals surface area contributed by atoms with Gasteiger partial charge in [-0.1, -0.05) is 0 Å². The molecule has 1 aromatic heterocycles. The molecule has 0 atom stereocenters. The van der Waals surface area contributed by atoms with Crippen LogP contribution < -0.4 is 14.8 Å². The van der Waals surface area contributed by atoms with Crippen LogP contribution in [0.15, 0.2) is 24.5 Å². The molecule has 1 aromatic carbocycles. The summed E-state index contributed by atoms with van der Waals surface area (Å²) in [6.07, 6.45) is 2.46. The van der Waals surface area contributed by atoms with Crippen molar-refractivity contribution in [2.45, 2.75) is 13.0 Å². The Morgan fingerprint density at radius 2 is 2.11 bits per heavy atom. The van der Waals surface area contributed by atoms with E-state index in [9.17, 15) is 0 Å². The monoisotopic (exact) mass is 260 g/mol. The molecule has 2 heterocycles. The second-order valence-electron chi connectivity index (χ2n) is 4.37. The van der Waals surface area contributed by atoms with Crippen molar-refractivity contribution < 1.29 is 9.47 Å². The van der Waals surface area contributed by atoms with Crippen LogP contribution in [0.1, 0.15) is 12.2 Å². The first-order valence-corrected chi connectivity index (χ1v) is 6.29. The molecule has 0 unspecified atom stereocenters. The molecule has 6 nitrogen and oxygen atoms in total. The van der Waals surface area contributed by atoms with Crippen LogP contribution in [0, 0.1) is 0 Å². The lowest BCUT2D eigenvalue weighted by Gasteiger charge is -2.10. The van der Waals surface area contributed by atoms with Gasteiger partial charge in [-0.15, -0.1) is 0 Å². The Hall–Kier alpha value is -2.24. The summed E-state index contributed by atoms with van der Waals surface area (Å²) in [5, 5.41) is 7.33. The molecule has 6 heteroatoms. The van der Waals surface area contributed by atoms with E-state index < -0.39 is 0 Å². The van der Waals surface area contributed by atoms with Crippen LogP contribution in [0.25, 0.3) is 0 Å². The van der Waals surface area contributed by atoms with Crippen molar-refractivity contribution in [1.29, 1.82) is 0 Å². The fraction of sp³-hybridized carbons (Fsp3) is 0.385. The summed E-state index contributed by atoms with van der Waals surface area (Å²) in [7, 11) is 1.87. The van der Waals surface area contributed by atoms with Gasteiger partial charge in [0.05, 0.1) is 19.8 Å². The summed E-state index contributed by atoms with van der Waals surface area (Å²) >= 11 is 0. The molecule has 0 spiro atoms. The number of nitrogens with zero attached hydrogens (tertiary/aromatic N) is 3. The number of hydrogen-bond acceptors (Lipinski definition) is 5. The molecule has 0 saturated heterocycles. The lowest BCUT2D eigenvalue weighted by atomic mass is 10.2. The average Bonchev–Trinajstić information content (AvgIpc) is 2.70. The average molecular weight is 260 g/mol. The van der Waals surface area contributed by atoms with E-state index in [0.717, 1.165) is 29.4 Å². The van der Waals surface area contributed by atoms with Crippen molar-refractivity contribution in [3.63, 3.8) is 0 Å². The van der Waals surface area contributed by atoms with Gasteiger partial charge in [-0.3, -0.25) is 4.68 Å². The Kier molecular flexibility index (Phi) is 3.22. The lowest BCUT2D eigenvalue weighted by molar-refractivity contribution is 0.297. The number of anilines is 1. The summed E-state index contributed by atoms with van der Waals surface area (Å²) in [5.74, 6) is 2.48. The minimum absolute atomic E-state index is 0.621. The minimum Gasteiger partial charge on any atom is -0.490 e. The van der Waals surface area contributed by atoms with E-state index in [2.05, 4.69) is 15.4 Å². The zero-order chi connectivity index (χ0) is 13.1. The van der Waals surface area contributed by atoms with E-state index in [0.29, 0.717) is 19.8 Å². The first-order chi connectivity index (χ1) is 9.33. The van der Waals surface area contributed by atoms with Crippen LogP contribution >= 0.6 is 0 Å². The molecule has 1 aliphatic rings. The smallest absolute Gasteiger partial charge is 0.163 e. The lowest BCUT2D eigenvalue weighted by Crippen LogP contribution is -2.06. The zero-order valence-corrected chi connectivity index (χ0v) is 10.8. The van der Waals surface area contributed by atoms with Crippen LogP contribution in [-0.4, -0.2) is 28.0 Å². The fourth-order valence-corrected chi connectivity index (χ4v) is 1.93. The van der Waals surface area contributed by atoms with Crippen LogP contribution in [0.2, 0.25) is 0 Å². The Morgan fingerprint density at radius 3 is 2.89 bits per heavy atom. The van der Waals surface area contributed by atoms with Crippen LogP contribution in [-0.2, 0) is 13.6 Å². The molecule has 0 radical (unpaired) electrons. The van der Waals surface area contributed by atoms with Crippen LogP contribution in [0.4, 0.5) is 5.69 Å². The second-order valence-corrected chi connectivity index (χ2v) is 4.37. The topological polar surface area (TPSA) is 61.2 Å². The number of hydrogen-bond donors (Lipinski definition) is 1. The standard InChI is InChI=1S/C13H16N4O2/c1-17-13(15-9-16-17)8-14-10-3-4-11-12(7-10)19-6-2-5-18-11/h3-4,7,9,14H,2,5-6,8H2,1H3. The molecular weight excluding hydrogens is 244 g/mol. The van der Waals surface area contributed by atoms with Crippen molar-refractivity contribution in [3.05, 3.63) is 30.4 Å².